The zero-order chi connectivity index (χ0) is 14.8. The highest BCUT2D eigenvalue weighted by Gasteiger charge is 2.20. The first kappa shape index (κ1) is 15.0. The topological polar surface area (TPSA) is 86.9 Å². The molecule has 2 rings (SSSR count). The summed E-state index contributed by atoms with van der Waals surface area (Å²) in [6.07, 6.45) is 0. The maximum atomic E-state index is 12.3. The van der Waals surface area contributed by atoms with Crippen molar-refractivity contribution in [3.8, 4) is 0 Å². The van der Waals surface area contributed by atoms with Crippen LogP contribution in [-0.4, -0.2) is 25.2 Å². The highest BCUT2D eigenvalue weighted by molar-refractivity contribution is 7.94. The molecule has 0 aliphatic heterocycles. The summed E-state index contributed by atoms with van der Waals surface area (Å²) in [6.45, 7) is 7.08. The summed E-state index contributed by atoms with van der Waals surface area (Å²) >= 11 is 1.27. The fourth-order valence-corrected chi connectivity index (χ4v) is 4.24. The molecule has 0 saturated carbocycles. The Morgan fingerprint density at radius 1 is 1.35 bits per heavy atom. The number of sulfonamides is 1. The molecule has 0 radical (unpaired) electrons. The summed E-state index contributed by atoms with van der Waals surface area (Å²) in [6, 6.07) is 3.46. The fourth-order valence-electron chi connectivity index (χ4n) is 1.73. The molecule has 2 aromatic heterocycles. The highest BCUT2D eigenvalue weighted by Crippen LogP contribution is 2.26. The Labute approximate surface area is 122 Å². The minimum atomic E-state index is -3.55. The van der Waals surface area contributed by atoms with E-state index in [-0.39, 0.29) is 0 Å². The monoisotopic (exact) mass is 314 g/mol. The van der Waals surface area contributed by atoms with E-state index in [0.29, 0.717) is 27.8 Å². The van der Waals surface area contributed by atoms with Gasteiger partial charge in [0.1, 0.15) is 4.21 Å². The van der Waals surface area contributed by atoms with Crippen LogP contribution >= 0.6 is 11.3 Å². The number of thiophene rings is 1. The lowest BCUT2D eigenvalue weighted by molar-refractivity contribution is 0.603. The molecule has 2 heterocycles. The van der Waals surface area contributed by atoms with Crippen molar-refractivity contribution < 1.29 is 8.42 Å². The number of H-pyrrole nitrogens is 1. The SMILES string of the molecule is CCNCc1ccc(S(=O)(=O)Nc2c(C)n[nH]c2C)s1. The molecular weight excluding hydrogens is 296 g/mol. The smallest absolute Gasteiger partial charge is 0.271 e. The number of aryl methyl sites for hydroxylation is 2. The number of aromatic nitrogens is 2. The molecule has 0 saturated heterocycles. The molecule has 2 aromatic rings. The number of nitrogens with zero attached hydrogens (tertiary/aromatic N) is 1. The molecule has 0 atom stereocenters. The second kappa shape index (κ2) is 5.94. The van der Waals surface area contributed by atoms with Gasteiger partial charge in [-0.15, -0.1) is 11.3 Å². The van der Waals surface area contributed by atoms with Gasteiger partial charge in [0.05, 0.1) is 17.1 Å². The summed E-state index contributed by atoms with van der Waals surface area (Å²) in [4.78, 5) is 0.993. The molecule has 0 unspecified atom stereocenters. The molecule has 3 N–H and O–H groups in total. The molecule has 0 fully saturated rings. The average Bonchev–Trinajstić information content (AvgIpc) is 2.99. The lowest BCUT2D eigenvalue weighted by atomic mass is 10.3. The Kier molecular flexibility index (Phi) is 4.46. The predicted molar refractivity (Wildman–Crippen MR) is 80.6 cm³/mol. The molecular formula is C12H18N4O2S2. The van der Waals surface area contributed by atoms with E-state index in [0.717, 1.165) is 11.4 Å². The Bertz CT molecular complexity index is 669. The van der Waals surface area contributed by atoms with Gasteiger partial charge in [-0.3, -0.25) is 9.82 Å². The summed E-state index contributed by atoms with van der Waals surface area (Å²) < 4.78 is 27.6. The molecule has 8 heteroatoms. The van der Waals surface area contributed by atoms with E-state index in [1.807, 2.05) is 13.0 Å². The quantitative estimate of drug-likeness (QED) is 0.761. The Morgan fingerprint density at radius 2 is 2.10 bits per heavy atom. The van der Waals surface area contributed by atoms with Gasteiger partial charge in [-0.05, 0) is 32.5 Å². The van der Waals surface area contributed by atoms with Crippen molar-refractivity contribution in [3.05, 3.63) is 28.4 Å². The van der Waals surface area contributed by atoms with Crippen molar-refractivity contribution in [1.82, 2.24) is 15.5 Å². The second-order valence-corrected chi connectivity index (χ2v) is 7.49. The van der Waals surface area contributed by atoms with Crippen LogP contribution in [0.4, 0.5) is 5.69 Å². The number of nitrogens with one attached hydrogen (secondary N) is 3. The van der Waals surface area contributed by atoms with E-state index in [2.05, 4.69) is 20.2 Å². The minimum Gasteiger partial charge on any atom is -0.312 e. The molecule has 20 heavy (non-hydrogen) atoms. The van der Waals surface area contributed by atoms with Crippen LogP contribution in [0.1, 0.15) is 23.2 Å². The molecule has 0 aliphatic carbocycles. The van der Waals surface area contributed by atoms with Crippen molar-refractivity contribution in [2.75, 3.05) is 11.3 Å². The maximum absolute atomic E-state index is 12.3. The van der Waals surface area contributed by atoms with E-state index in [1.54, 1.807) is 19.9 Å². The van der Waals surface area contributed by atoms with Crippen LogP contribution < -0.4 is 10.0 Å². The van der Waals surface area contributed by atoms with Crippen molar-refractivity contribution in [3.63, 3.8) is 0 Å². The zero-order valence-electron chi connectivity index (χ0n) is 11.6. The van der Waals surface area contributed by atoms with Crippen LogP contribution in [0.15, 0.2) is 16.3 Å². The van der Waals surface area contributed by atoms with Crippen molar-refractivity contribution in [2.24, 2.45) is 0 Å². The molecule has 0 spiro atoms. The van der Waals surface area contributed by atoms with Gasteiger partial charge in [0.25, 0.3) is 10.0 Å². The first-order valence-electron chi connectivity index (χ1n) is 6.28. The Hall–Kier alpha value is -1.38. The molecule has 0 amide bonds. The van der Waals surface area contributed by atoms with Crippen LogP contribution in [0.25, 0.3) is 0 Å². The number of hydrogen-bond acceptors (Lipinski definition) is 5. The van der Waals surface area contributed by atoms with Crippen molar-refractivity contribution >= 4 is 27.0 Å². The lowest BCUT2D eigenvalue weighted by Gasteiger charge is -2.06. The van der Waals surface area contributed by atoms with Crippen LogP contribution in [0.5, 0.6) is 0 Å². The van der Waals surface area contributed by atoms with Gasteiger partial charge in [-0.2, -0.15) is 5.10 Å². The standard InChI is InChI=1S/C12H18N4O2S2/c1-4-13-7-10-5-6-11(19-10)20(17,18)16-12-8(2)14-15-9(12)3/h5-6,13,16H,4,7H2,1-3H3,(H,14,15). The Balaban J connectivity index is 2.20. The average molecular weight is 314 g/mol. The summed E-state index contributed by atoms with van der Waals surface area (Å²) in [7, 11) is -3.55. The van der Waals surface area contributed by atoms with Gasteiger partial charge in [-0.1, -0.05) is 6.92 Å². The third-order valence-electron chi connectivity index (χ3n) is 2.82. The van der Waals surface area contributed by atoms with E-state index in [4.69, 9.17) is 0 Å². The summed E-state index contributed by atoms with van der Waals surface area (Å²) in [5.41, 5.74) is 1.86. The van der Waals surface area contributed by atoms with Gasteiger partial charge >= 0.3 is 0 Å². The molecule has 0 aromatic carbocycles. The third kappa shape index (κ3) is 3.20. The van der Waals surface area contributed by atoms with Crippen molar-refractivity contribution in [2.45, 2.75) is 31.5 Å². The maximum Gasteiger partial charge on any atom is 0.271 e. The van der Waals surface area contributed by atoms with E-state index >= 15 is 0 Å². The largest absolute Gasteiger partial charge is 0.312 e. The Morgan fingerprint density at radius 3 is 2.70 bits per heavy atom. The second-order valence-electron chi connectivity index (χ2n) is 4.42. The first-order chi connectivity index (χ1) is 9.44. The van der Waals surface area contributed by atoms with Crippen LogP contribution in [0, 0.1) is 13.8 Å². The fraction of sp³-hybridized carbons (Fsp3) is 0.417. The zero-order valence-corrected chi connectivity index (χ0v) is 13.3. The number of hydrogen-bond donors (Lipinski definition) is 3. The predicted octanol–water partition coefficient (Wildman–Crippen LogP) is 2.00. The van der Waals surface area contributed by atoms with Crippen LogP contribution in [0.3, 0.4) is 0 Å². The highest BCUT2D eigenvalue weighted by atomic mass is 32.2. The van der Waals surface area contributed by atoms with Gasteiger partial charge in [0.15, 0.2) is 0 Å². The lowest BCUT2D eigenvalue weighted by Crippen LogP contribution is -2.12. The molecule has 110 valence electrons. The van der Waals surface area contributed by atoms with E-state index < -0.39 is 10.0 Å². The van der Waals surface area contributed by atoms with E-state index in [9.17, 15) is 8.42 Å². The molecule has 0 aliphatic rings. The van der Waals surface area contributed by atoms with Crippen molar-refractivity contribution in [1.29, 1.82) is 0 Å². The third-order valence-corrected chi connectivity index (χ3v) is 5.74. The van der Waals surface area contributed by atoms with Gasteiger partial charge in [-0.25, -0.2) is 8.42 Å². The van der Waals surface area contributed by atoms with Crippen LogP contribution in [-0.2, 0) is 16.6 Å². The van der Waals surface area contributed by atoms with Crippen LogP contribution in [0.2, 0.25) is 0 Å². The summed E-state index contributed by atoms with van der Waals surface area (Å²) in [5.74, 6) is 0. The number of anilines is 1. The number of rotatable bonds is 6. The molecule has 0 bridgehead atoms. The summed E-state index contributed by atoms with van der Waals surface area (Å²) in [5, 5.41) is 9.92. The normalized spacial score (nSPS) is 11.8. The van der Waals surface area contributed by atoms with E-state index in [1.165, 1.54) is 11.3 Å². The number of aromatic amines is 1. The molecule has 6 nitrogen and oxygen atoms in total. The van der Waals surface area contributed by atoms with Gasteiger partial charge < -0.3 is 5.32 Å². The van der Waals surface area contributed by atoms with Gasteiger partial charge in [0.2, 0.25) is 0 Å². The minimum absolute atomic E-state index is 0.311. The van der Waals surface area contributed by atoms with Gasteiger partial charge in [0, 0.05) is 11.4 Å². The first-order valence-corrected chi connectivity index (χ1v) is 8.58.